The number of rotatable bonds is 6. The van der Waals surface area contributed by atoms with Crippen molar-refractivity contribution in [2.45, 2.75) is 19.9 Å². The van der Waals surface area contributed by atoms with Crippen LogP contribution in [0.25, 0.3) is 10.9 Å². The number of aryl methyl sites for hydroxylation is 1. The van der Waals surface area contributed by atoms with Gasteiger partial charge in [0.1, 0.15) is 5.82 Å². The van der Waals surface area contributed by atoms with E-state index in [-0.39, 0.29) is 24.1 Å². The summed E-state index contributed by atoms with van der Waals surface area (Å²) >= 11 is 0. The van der Waals surface area contributed by atoms with Gasteiger partial charge in [-0.25, -0.2) is 4.39 Å². The number of halogens is 1. The number of fused-ring (bicyclic) bond motifs is 1. The van der Waals surface area contributed by atoms with Crippen molar-refractivity contribution in [3.63, 3.8) is 0 Å². The molecule has 2 N–H and O–H groups in total. The number of H-pyrrole nitrogens is 1. The van der Waals surface area contributed by atoms with Crippen LogP contribution in [0.4, 0.5) is 10.1 Å². The highest BCUT2D eigenvalue weighted by atomic mass is 19.1. The van der Waals surface area contributed by atoms with Crippen LogP contribution >= 0.6 is 0 Å². The van der Waals surface area contributed by atoms with Crippen molar-refractivity contribution >= 4 is 28.3 Å². The van der Waals surface area contributed by atoms with E-state index in [1.807, 2.05) is 31.2 Å². The number of aromatic nitrogens is 1. The van der Waals surface area contributed by atoms with Gasteiger partial charge in [-0.1, -0.05) is 18.2 Å². The number of carbonyl (C=O) groups is 2. The zero-order valence-corrected chi connectivity index (χ0v) is 15.5. The average molecular weight is 367 g/mol. The molecular weight excluding hydrogens is 345 g/mol. The van der Waals surface area contributed by atoms with Gasteiger partial charge in [0, 0.05) is 27.8 Å². The molecule has 1 aromatic heterocycles. The number of nitrogens with one attached hydrogen (secondary N) is 2. The fraction of sp³-hybridized carbons (Fsp3) is 0.238. The SMILES string of the molecule is Cc1[nH]c2ccccc2c1C(=O)[C@@H](C)N(C)CC(=O)Nc1ccc(F)cc1. The number of benzene rings is 2. The second kappa shape index (κ2) is 7.72. The normalized spacial score (nSPS) is 12.3. The molecule has 0 fully saturated rings. The van der Waals surface area contributed by atoms with Crippen molar-refractivity contribution in [2.75, 3.05) is 18.9 Å². The first-order chi connectivity index (χ1) is 12.9. The van der Waals surface area contributed by atoms with Gasteiger partial charge in [0.2, 0.25) is 5.91 Å². The first-order valence-corrected chi connectivity index (χ1v) is 8.74. The van der Waals surface area contributed by atoms with E-state index in [4.69, 9.17) is 0 Å². The fourth-order valence-corrected chi connectivity index (χ4v) is 3.10. The molecule has 1 atom stereocenters. The van der Waals surface area contributed by atoms with Crippen molar-refractivity contribution in [1.29, 1.82) is 0 Å². The van der Waals surface area contributed by atoms with E-state index >= 15 is 0 Å². The molecule has 0 spiro atoms. The van der Waals surface area contributed by atoms with Crippen LogP contribution in [0, 0.1) is 12.7 Å². The van der Waals surface area contributed by atoms with Gasteiger partial charge in [-0.3, -0.25) is 14.5 Å². The Balaban J connectivity index is 1.69. The van der Waals surface area contributed by atoms with Crippen LogP contribution < -0.4 is 5.32 Å². The average Bonchev–Trinajstić information content (AvgIpc) is 2.98. The summed E-state index contributed by atoms with van der Waals surface area (Å²) in [6.45, 7) is 3.71. The molecule has 2 aromatic carbocycles. The number of para-hydroxylation sites is 1. The lowest BCUT2D eigenvalue weighted by Gasteiger charge is -2.23. The van der Waals surface area contributed by atoms with Crippen molar-refractivity contribution < 1.29 is 14.0 Å². The second-order valence-corrected chi connectivity index (χ2v) is 6.68. The van der Waals surface area contributed by atoms with Gasteiger partial charge in [-0.15, -0.1) is 0 Å². The van der Waals surface area contributed by atoms with Crippen molar-refractivity contribution in [2.24, 2.45) is 0 Å². The summed E-state index contributed by atoms with van der Waals surface area (Å²) in [5.74, 6) is -0.667. The highest BCUT2D eigenvalue weighted by Crippen LogP contribution is 2.24. The summed E-state index contributed by atoms with van der Waals surface area (Å²) in [5, 5.41) is 3.59. The van der Waals surface area contributed by atoms with Crippen molar-refractivity contribution in [1.82, 2.24) is 9.88 Å². The zero-order chi connectivity index (χ0) is 19.6. The predicted octanol–water partition coefficient (Wildman–Crippen LogP) is 3.76. The third kappa shape index (κ3) is 4.06. The number of likely N-dealkylation sites (N-methyl/N-ethyl adjacent to an activating group) is 1. The number of ketones is 1. The first-order valence-electron chi connectivity index (χ1n) is 8.74. The van der Waals surface area contributed by atoms with Crippen molar-refractivity contribution in [3.05, 3.63) is 65.6 Å². The van der Waals surface area contributed by atoms with Gasteiger partial charge >= 0.3 is 0 Å². The molecule has 140 valence electrons. The highest BCUT2D eigenvalue weighted by Gasteiger charge is 2.25. The number of amides is 1. The van der Waals surface area contributed by atoms with Gasteiger partial charge in [0.05, 0.1) is 12.6 Å². The second-order valence-electron chi connectivity index (χ2n) is 6.68. The Labute approximate surface area is 157 Å². The summed E-state index contributed by atoms with van der Waals surface area (Å²) in [6, 6.07) is 12.8. The van der Waals surface area contributed by atoms with Gasteiger partial charge < -0.3 is 10.3 Å². The summed E-state index contributed by atoms with van der Waals surface area (Å²) < 4.78 is 12.9. The first kappa shape index (κ1) is 18.8. The molecule has 0 saturated carbocycles. The number of nitrogens with zero attached hydrogens (tertiary/aromatic N) is 1. The van der Waals surface area contributed by atoms with E-state index in [0.717, 1.165) is 16.6 Å². The van der Waals surface area contributed by atoms with Crippen molar-refractivity contribution in [3.8, 4) is 0 Å². The number of anilines is 1. The molecule has 0 unspecified atom stereocenters. The largest absolute Gasteiger partial charge is 0.358 e. The Morgan fingerprint density at radius 2 is 1.81 bits per heavy atom. The molecule has 0 aliphatic rings. The van der Waals surface area contributed by atoms with Gasteiger partial charge in [0.25, 0.3) is 0 Å². The minimum absolute atomic E-state index is 0.0398. The van der Waals surface area contributed by atoms with Crippen LogP contribution in [0.2, 0.25) is 0 Å². The lowest BCUT2D eigenvalue weighted by molar-refractivity contribution is -0.117. The molecule has 6 heteroatoms. The summed E-state index contributed by atoms with van der Waals surface area (Å²) in [5.41, 5.74) is 2.91. The molecule has 3 rings (SSSR count). The Morgan fingerprint density at radius 3 is 2.52 bits per heavy atom. The van der Waals surface area contributed by atoms with Gasteiger partial charge in [0.15, 0.2) is 5.78 Å². The molecule has 0 bridgehead atoms. The fourth-order valence-electron chi connectivity index (χ4n) is 3.10. The molecule has 0 aliphatic heterocycles. The Bertz CT molecular complexity index is 979. The maximum Gasteiger partial charge on any atom is 0.238 e. The van der Waals surface area contributed by atoms with Crippen LogP contribution in [0.5, 0.6) is 0 Å². The summed E-state index contributed by atoms with van der Waals surface area (Å²) in [6.07, 6.45) is 0. The van der Waals surface area contributed by atoms with E-state index < -0.39 is 6.04 Å². The van der Waals surface area contributed by atoms with Crippen LogP contribution in [-0.2, 0) is 4.79 Å². The van der Waals surface area contributed by atoms with E-state index in [0.29, 0.717) is 11.3 Å². The number of Topliss-reactive ketones (excluding diaryl/α,β-unsaturated/α-hetero) is 1. The topological polar surface area (TPSA) is 65.2 Å². The number of hydrogen-bond acceptors (Lipinski definition) is 3. The monoisotopic (exact) mass is 367 g/mol. The van der Waals surface area contributed by atoms with Crippen LogP contribution in [-0.4, -0.2) is 41.2 Å². The quantitative estimate of drug-likeness (QED) is 0.652. The van der Waals surface area contributed by atoms with E-state index in [1.165, 1.54) is 24.3 Å². The lowest BCUT2D eigenvalue weighted by atomic mass is 10.0. The maximum atomic E-state index is 13.0. The zero-order valence-electron chi connectivity index (χ0n) is 15.5. The smallest absolute Gasteiger partial charge is 0.238 e. The van der Waals surface area contributed by atoms with E-state index in [1.54, 1.807) is 18.9 Å². The predicted molar refractivity (Wildman–Crippen MR) is 104 cm³/mol. The maximum absolute atomic E-state index is 13.0. The highest BCUT2D eigenvalue weighted by molar-refractivity contribution is 6.11. The third-order valence-electron chi connectivity index (χ3n) is 4.70. The number of hydrogen-bond donors (Lipinski definition) is 2. The number of aromatic amines is 1. The Kier molecular flexibility index (Phi) is 5.37. The molecule has 0 aliphatic carbocycles. The van der Waals surface area contributed by atoms with Crippen LogP contribution in [0.15, 0.2) is 48.5 Å². The summed E-state index contributed by atoms with van der Waals surface area (Å²) in [7, 11) is 1.73. The van der Waals surface area contributed by atoms with Crippen LogP contribution in [0.3, 0.4) is 0 Å². The molecule has 3 aromatic rings. The lowest BCUT2D eigenvalue weighted by Crippen LogP contribution is -2.41. The Morgan fingerprint density at radius 1 is 1.15 bits per heavy atom. The molecule has 5 nitrogen and oxygen atoms in total. The van der Waals surface area contributed by atoms with Gasteiger partial charge in [-0.2, -0.15) is 0 Å². The molecular formula is C21H22FN3O2. The molecule has 0 radical (unpaired) electrons. The Hall–Kier alpha value is -2.99. The minimum atomic E-state index is -0.470. The van der Waals surface area contributed by atoms with Gasteiger partial charge in [-0.05, 0) is 51.2 Å². The number of carbonyl (C=O) groups excluding carboxylic acids is 2. The van der Waals surface area contributed by atoms with Crippen LogP contribution in [0.1, 0.15) is 23.0 Å². The third-order valence-corrected chi connectivity index (χ3v) is 4.70. The standard InChI is InChI=1S/C21H22FN3O2/c1-13-20(17-6-4-5-7-18(17)23-13)21(27)14(2)25(3)12-19(26)24-16-10-8-15(22)9-11-16/h4-11,14,23H,12H2,1-3H3,(H,24,26)/t14-/m1/s1. The summed E-state index contributed by atoms with van der Waals surface area (Å²) in [4.78, 5) is 30.2. The van der Waals surface area contributed by atoms with E-state index in [9.17, 15) is 14.0 Å². The molecule has 1 heterocycles. The molecule has 0 saturated heterocycles. The molecule has 27 heavy (non-hydrogen) atoms. The minimum Gasteiger partial charge on any atom is -0.358 e. The molecule has 1 amide bonds. The van der Waals surface area contributed by atoms with E-state index in [2.05, 4.69) is 10.3 Å².